The van der Waals surface area contributed by atoms with Crippen LogP contribution in [0, 0.1) is 0 Å². The van der Waals surface area contributed by atoms with Crippen LogP contribution in [-0.2, 0) is 5.92 Å². The highest BCUT2D eigenvalue weighted by molar-refractivity contribution is 5.20. The molecule has 0 bridgehead atoms. The van der Waals surface area contributed by atoms with E-state index >= 15 is 0 Å². The van der Waals surface area contributed by atoms with Crippen molar-refractivity contribution < 1.29 is 8.78 Å². The van der Waals surface area contributed by atoms with Crippen LogP contribution >= 0.6 is 0 Å². The summed E-state index contributed by atoms with van der Waals surface area (Å²) in [6.07, 6.45) is 2.28. The Morgan fingerprint density at radius 3 is 2.74 bits per heavy atom. The Kier molecular flexibility index (Phi) is 4.88. The largest absolute Gasteiger partial charge is 0.309 e. The molecule has 0 aromatic heterocycles. The highest BCUT2D eigenvalue weighted by Gasteiger charge is 2.31. The summed E-state index contributed by atoms with van der Waals surface area (Å²) in [5.41, 5.74) is 0.0845. The van der Waals surface area contributed by atoms with Crippen molar-refractivity contribution in [1.82, 2.24) is 10.2 Å². The fraction of sp³-hybridized carbons (Fsp3) is 0.600. The van der Waals surface area contributed by atoms with Gasteiger partial charge in [0.05, 0.1) is 6.54 Å². The average Bonchev–Trinajstić information content (AvgIpc) is 2.87. The summed E-state index contributed by atoms with van der Waals surface area (Å²) in [7, 11) is 0. The zero-order valence-electron chi connectivity index (χ0n) is 11.4. The minimum absolute atomic E-state index is 0.0845. The Morgan fingerprint density at radius 1 is 1.32 bits per heavy atom. The van der Waals surface area contributed by atoms with Gasteiger partial charge in [0.1, 0.15) is 0 Å². The number of hydrogen-bond acceptors (Lipinski definition) is 2. The van der Waals surface area contributed by atoms with Gasteiger partial charge in [-0.05, 0) is 25.9 Å². The first kappa shape index (κ1) is 14.4. The molecule has 4 heteroatoms. The van der Waals surface area contributed by atoms with Gasteiger partial charge >= 0.3 is 0 Å². The molecule has 1 N–H and O–H groups in total. The van der Waals surface area contributed by atoms with Crippen LogP contribution in [0.4, 0.5) is 8.78 Å². The Balaban J connectivity index is 1.82. The lowest BCUT2D eigenvalue weighted by Crippen LogP contribution is -2.41. The van der Waals surface area contributed by atoms with E-state index < -0.39 is 5.92 Å². The number of rotatable bonds is 6. The molecular formula is C15H22F2N2. The van der Waals surface area contributed by atoms with Gasteiger partial charge in [0.25, 0.3) is 5.92 Å². The number of likely N-dealkylation sites (N-methyl/N-ethyl adjacent to an activating group) is 1. The predicted molar refractivity (Wildman–Crippen MR) is 73.5 cm³/mol. The molecule has 1 atom stereocenters. The zero-order chi connectivity index (χ0) is 13.7. The van der Waals surface area contributed by atoms with Crippen LogP contribution < -0.4 is 5.32 Å². The van der Waals surface area contributed by atoms with E-state index in [0.717, 1.165) is 19.5 Å². The lowest BCUT2D eigenvalue weighted by molar-refractivity contribution is -0.00413. The molecule has 106 valence electrons. The first-order valence-electron chi connectivity index (χ1n) is 7.01. The van der Waals surface area contributed by atoms with Gasteiger partial charge in [0, 0.05) is 18.2 Å². The van der Waals surface area contributed by atoms with Crippen molar-refractivity contribution in [2.45, 2.75) is 31.7 Å². The number of hydrogen-bond donors (Lipinski definition) is 1. The summed E-state index contributed by atoms with van der Waals surface area (Å²) >= 11 is 0. The van der Waals surface area contributed by atoms with E-state index in [9.17, 15) is 8.78 Å². The van der Waals surface area contributed by atoms with E-state index in [1.807, 2.05) is 0 Å². The van der Waals surface area contributed by atoms with Gasteiger partial charge in [0.2, 0.25) is 0 Å². The third kappa shape index (κ3) is 3.74. The summed E-state index contributed by atoms with van der Waals surface area (Å²) < 4.78 is 27.9. The number of nitrogens with one attached hydrogen (secondary N) is 1. The van der Waals surface area contributed by atoms with Crippen molar-refractivity contribution in [2.75, 3.05) is 26.2 Å². The van der Waals surface area contributed by atoms with Crippen molar-refractivity contribution in [3.8, 4) is 0 Å². The molecule has 1 fully saturated rings. The standard InChI is InChI=1S/C15H22F2N2/c1-2-19-10-6-9-14(19)11-18-12-15(16,17)13-7-4-3-5-8-13/h3-5,7-8,14,18H,2,6,9-12H2,1H3. The van der Waals surface area contributed by atoms with Gasteiger partial charge in [-0.3, -0.25) is 4.90 Å². The van der Waals surface area contributed by atoms with Gasteiger partial charge < -0.3 is 5.32 Å². The smallest absolute Gasteiger partial charge is 0.285 e. The molecule has 1 aliphatic rings. The lowest BCUT2D eigenvalue weighted by Gasteiger charge is -2.24. The van der Waals surface area contributed by atoms with Gasteiger partial charge in [-0.1, -0.05) is 37.3 Å². The molecule has 2 nitrogen and oxygen atoms in total. The third-order valence-corrected chi connectivity index (χ3v) is 3.83. The second kappa shape index (κ2) is 6.44. The molecule has 0 radical (unpaired) electrons. The number of nitrogens with zero attached hydrogens (tertiary/aromatic N) is 1. The van der Waals surface area contributed by atoms with Crippen LogP contribution in [0.1, 0.15) is 25.3 Å². The second-order valence-electron chi connectivity index (χ2n) is 5.13. The van der Waals surface area contributed by atoms with E-state index in [0.29, 0.717) is 12.6 Å². The number of alkyl halides is 2. The zero-order valence-corrected chi connectivity index (χ0v) is 11.4. The summed E-state index contributed by atoms with van der Waals surface area (Å²) in [5, 5.41) is 2.94. The fourth-order valence-corrected chi connectivity index (χ4v) is 2.72. The molecule has 1 saturated heterocycles. The molecular weight excluding hydrogens is 246 g/mol. The maximum absolute atomic E-state index is 13.9. The first-order valence-corrected chi connectivity index (χ1v) is 7.01. The van der Waals surface area contributed by atoms with E-state index in [4.69, 9.17) is 0 Å². The van der Waals surface area contributed by atoms with Gasteiger partial charge in [-0.25, -0.2) is 0 Å². The second-order valence-corrected chi connectivity index (χ2v) is 5.13. The highest BCUT2D eigenvalue weighted by atomic mass is 19.3. The number of halogens is 2. The lowest BCUT2D eigenvalue weighted by atomic mass is 10.1. The van der Waals surface area contributed by atoms with Crippen LogP contribution in [0.25, 0.3) is 0 Å². The minimum atomic E-state index is -2.79. The SMILES string of the molecule is CCN1CCCC1CNCC(F)(F)c1ccccc1. The highest BCUT2D eigenvalue weighted by Crippen LogP contribution is 2.26. The van der Waals surface area contributed by atoms with Gasteiger partial charge in [0.15, 0.2) is 0 Å². The fourth-order valence-electron chi connectivity index (χ4n) is 2.72. The van der Waals surface area contributed by atoms with Crippen molar-refractivity contribution in [1.29, 1.82) is 0 Å². The Bertz CT molecular complexity index is 381. The van der Waals surface area contributed by atoms with Crippen molar-refractivity contribution >= 4 is 0 Å². The molecule has 0 amide bonds. The van der Waals surface area contributed by atoms with E-state index in [1.165, 1.54) is 18.6 Å². The molecule has 1 heterocycles. The van der Waals surface area contributed by atoms with Gasteiger partial charge in [-0.2, -0.15) is 8.78 Å². The maximum atomic E-state index is 13.9. The van der Waals surface area contributed by atoms with Gasteiger partial charge in [-0.15, -0.1) is 0 Å². The molecule has 1 aliphatic heterocycles. The molecule has 0 spiro atoms. The van der Waals surface area contributed by atoms with Crippen LogP contribution in [0.2, 0.25) is 0 Å². The minimum Gasteiger partial charge on any atom is -0.309 e. The normalized spacial score (nSPS) is 20.9. The van der Waals surface area contributed by atoms with Crippen LogP contribution in [0.15, 0.2) is 30.3 Å². The summed E-state index contributed by atoms with van der Waals surface area (Å²) in [6, 6.07) is 8.44. The first-order chi connectivity index (χ1) is 9.13. The number of likely N-dealkylation sites (tertiary alicyclic amines) is 1. The molecule has 1 aromatic carbocycles. The average molecular weight is 268 g/mol. The Morgan fingerprint density at radius 2 is 2.05 bits per heavy atom. The molecule has 19 heavy (non-hydrogen) atoms. The Hall–Kier alpha value is -1.00. The molecule has 1 aromatic rings. The predicted octanol–water partition coefficient (Wildman–Crippen LogP) is 2.85. The van der Waals surface area contributed by atoms with E-state index in [-0.39, 0.29) is 12.1 Å². The monoisotopic (exact) mass is 268 g/mol. The molecule has 0 saturated carbocycles. The topological polar surface area (TPSA) is 15.3 Å². The molecule has 1 unspecified atom stereocenters. The van der Waals surface area contributed by atoms with Crippen LogP contribution in [0.5, 0.6) is 0 Å². The molecule has 2 rings (SSSR count). The van der Waals surface area contributed by atoms with Crippen LogP contribution in [0.3, 0.4) is 0 Å². The van der Waals surface area contributed by atoms with E-state index in [2.05, 4.69) is 17.1 Å². The quantitative estimate of drug-likeness (QED) is 0.853. The van der Waals surface area contributed by atoms with Crippen molar-refractivity contribution in [2.24, 2.45) is 0 Å². The third-order valence-electron chi connectivity index (χ3n) is 3.83. The number of benzene rings is 1. The van der Waals surface area contributed by atoms with Crippen LogP contribution in [-0.4, -0.2) is 37.1 Å². The van der Waals surface area contributed by atoms with Crippen molar-refractivity contribution in [3.05, 3.63) is 35.9 Å². The Labute approximate surface area is 113 Å². The summed E-state index contributed by atoms with van der Waals surface area (Å²) in [5.74, 6) is -2.79. The van der Waals surface area contributed by atoms with E-state index in [1.54, 1.807) is 18.2 Å². The maximum Gasteiger partial charge on any atom is 0.285 e. The summed E-state index contributed by atoms with van der Waals surface area (Å²) in [4.78, 5) is 2.35. The van der Waals surface area contributed by atoms with Crippen molar-refractivity contribution in [3.63, 3.8) is 0 Å². The summed E-state index contributed by atoms with van der Waals surface area (Å²) in [6.45, 7) is 4.58. The molecule has 0 aliphatic carbocycles.